The largest absolute Gasteiger partial charge is 0.380 e. The number of hydrogen-bond donors (Lipinski definition) is 1. The van der Waals surface area contributed by atoms with Gasteiger partial charge in [-0.05, 0) is 5.92 Å². The number of carbonyl (C=O) groups excluding carboxylic acids is 1. The van der Waals surface area contributed by atoms with Crippen LogP contribution in [0.4, 0.5) is 0 Å². The lowest BCUT2D eigenvalue weighted by molar-refractivity contribution is -0.146. The number of hydrogen-bond acceptors (Lipinski definition) is 2. The van der Waals surface area contributed by atoms with Crippen LogP contribution >= 0.6 is 0 Å². The fourth-order valence-electron chi connectivity index (χ4n) is 1.41. The Labute approximate surface area is 80.7 Å². The Morgan fingerprint density at radius 2 is 1.92 bits per heavy atom. The molecule has 1 unspecified atom stereocenters. The molecular weight excluding hydrogens is 166 g/mol. The van der Waals surface area contributed by atoms with E-state index in [2.05, 4.69) is 0 Å². The molecule has 1 N–H and O–H groups in total. The molecular formula is C10H21NO2. The molecule has 1 heterocycles. The van der Waals surface area contributed by atoms with Gasteiger partial charge in [-0.2, -0.15) is 0 Å². The SMILES string of the molecule is CC.CC(C)C1(O)CCN(C)C1=O. The van der Waals surface area contributed by atoms with Crippen LogP contribution in [-0.2, 0) is 4.79 Å². The molecule has 1 rings (SSSR count). The van der Waals surface area contributed by atoms with Crippen LogP contribution in [0.15, 0.2) is 0 Å². The van der Waals surface area contributed by atoms with E-state index < -0.39 is 5.60 Å². The highest BCUT2D eigenvalue weighted by atomic mass is 16.3. The van der Waals surface area contributed by atoms with Crippen LogP contribution in [0, 0.1) is 5.92 Å². The van der Waals surface area contributed by atoms with Gasteiger partial charge in [0.05, 0.1) is 0 Å². The molecule has 13 heavy (non-hydrogen) atoms. The summed E-state index contributed by atoms with van der Waals surface area (Å²) in [6, 6.07) is 0. The van der Waals surface area contributed by atoms with Gasteiger partial charge in [0, 0.05) is 20.0 Å². The predicted octanol–water partition coefficient (Wildman–Crippen LogP) is 1.26. The second-order valence-electron chi connectivity index (χ2n) is 3.56. The van der Waals surface area contributed by atoms with Gasteiger partial charge in [-0.15, -0.1) is 0 Å². The van der Waals surface area contributed by atoms with Gasteiger partial charge in [0.15, 0.2) is 0 Å². The highest BCUT2D eigenvalue weighted by molar-refractivity contribution is 5.87. The van der Waals surface area contributed by atoms with Crippen molar-refractivity contribution in [2.45, 2.75) is 39.7 Å². The number of likely N-dealkylation sites (N-methyl/N-ethyl adjacent to an activating group) is 1. The van der Waals surface area contributed by atoms with Crippen LogP contribution in [0.25, 0.3) is 0 Å². The second-order valence-corrected chi connectivity index (χ2v) is 3.56. The standard InChI is InChI=1S/C8H15NO2.C2H6/c1-6(2)8(11)4-5-9(3)7(8)10;1-2/h6,11H,4-5H2,1-3H3;1-2H3. The molecule has 1 amide bonds. The third kappa shape index (κ3) is 2.21. The van der Waals surface area contributed by atoms with Crippen LogP contribution in [-0.4, -0.2) is 35.1 Å². The average Bonchev–Trinajstić information content (AvgIpc) is 2.38. The molecule has 0 radical (unpaired) electrons. The third-order valence-corrected chi connectivity index (χ3v) is 2.50. The van der Waals surface area contributed by atoms with E-state index in [4.69, 9.17) is 0 Å². The normalized spacial score (nSPS) is 27.6. The monoisotopic (exact) mass is 187 g/mol. The molecule has 1 aliphatic rings. The molecule has 0 spiro atoms. The molecule has 1 saturated heterocycles. The summed E-state index contributed by atoms with van der Waals surface area (Å²) in [6.45, 7) is 8.42. The molecule has 3 nitrogen and oxygen atoms in total. The summed E-state index contributed by atoms with van der Waals surface area (Å²) >= 11 is 0. The Kier molecular flexibility index (Phi) is 4.40. The molecule has 0 aromatic heterocycles. The molecule has 0 aromatic rings. The summed E-state index contributed by atoms with van der Waals surface area (Å²) in [6.07, 6.45) is 0.569. The number of amides is 1. The minimum atomic E-state index is -1.09. The molecule has 0 saturated carbocycles. The number of nitrogens with zero attached hydrogens (tertiary/aromatic N) is 1. The summed E-state index contributed by atoms with van der Waals surface area (Å²) in [5.41, 5.74) is -1.09. The number of likely N-dealkylation sites (tertiary alicyclic amines) is 1. The van der Waals surface area contributed by atoms with Crippen molar-refractivity contribution in [2.24, 2.45) is 5.92 Å². The lowest BCUT2D eigenvalue weighted by Crippen LogP contribution is -2.43. The van der Waals surface area contributed by atoms with E-state index in [-0.39, 0.29) is 11.8 Å². The Morgan fingerprint density at radius 1 is 1.46 bits per heavy atom. The van der Waals surface area contributed by atoms with Crippen molar-refractivity contribution in [1.82, 2.24) is 4.90 Å². The fourth-order valence-corrected chi connectivity index (χ4v) is 1.41. The zero-order valence-corrected chi connectivity index (χ0v) is 9.29. The van der Waals surface area contributed by atoms with E-state index in [9.17, 15) is 9.90 Å². The number of aliphatic hydroxyl groups is 1. The Bertz CT molecular complexity index is 180. The van der Waals surface area contributed by atoms with Crippen molar-refractivity contribution in [3.8, 4) is 0 Å². The second kappa shape index (κ2) is 4.61. The van der Waals surface area contributed by atoms with Gasteiger partial charge < -0.3 is 10.0 Å². The summed E-state index contributed by atoms with van der Waals surface area (Å²) in [5.74, 6) is -0.118. The summed E-state index contributed by atoms with van der Waals surface area (Å²) < 4.78 is 0. The minimum Gasteiger partial charge on any atom is -0.380 e. The van der Waals surface area contributed by atoms with Crippen molar-refractivity contribution in [2.75, 3.05) is 13.6 Å². The maximum Gasteiger partial charge on any atom is 0.254 e. The summed E-state index contributed by atoms with van der Waals surface area (Å²) in [4.78, 5) is 12.9. The molecule has 1 fully saturated rings. The topological polar surface area (TPSA) is 40.5 Å². The van der Waals surface area contributed by atoms with E-state index in [0.717, 1.165) is 0 Å². The van der Waals surface area contributed by atoms with Crippen molar-refractivity contribution in [3.63, 3.8) is 0 Å². The van der Waals surface area contributed by atoms with Crippen LogP contribution < -0.4 is 0 Å². The van der Waals surface area contributed by atoms with Gasteiger partial charge in [0.25, 0.3) is 5.91 Å². The molecule has 3 heteroatoms. The zero-order valence-electron chi connectivity index (χ0n) is 9.29. The number of carbonyl (C=O) groups is 1. The third-order valence-electron chi connectivity index (χ3n) is 2.50. The zero-order chi connectivity index (χ0) is 10.6. The average molecular weight is 187 g/mol. The summed E-state index contributed by atoms with van der Waals surface area (Å²) in [7, 11) is 1.72. The maximum absolute atomic E-state index is 11.3. The Hall–Kier alpha value is -0.570. The van der Waals surface area contributed by atoms with Gasteiger partial charge in [-0.25, -0.2) is 0 Å². The Balaban J connectivity index is 0.000000671. The van der Waals surface area contributed by atoms with Crippen molar-refractivity contribution in [3.05, 3.63) is 0 Å². The first-order valence-electron chi connectivity index (χ1n) is 4.96. The lowest BCUT2D eigenvalue weighted by atomic mass is 9.89. The number of rotatable bonds is 1. The molecule has 1 atom stereocenters. The van der Waals surface area contributed by atoms with Crippen molar-refractivity contribution >= 4 is 5.91 Å². The van der Waals surface area contributed by atoms with Crippen molar-refractivity contribution < 1.29 is 9.90 Å². The minimum absolute atomic E-state index is 0.0138. The van der Waals surface area contributed by atoms with E-state index in [1.807, 2.05) is 27.7 Å². The Morgan fingerprint density at radius 3 is 2.08 bits per heavy atom. The first-order chi connectivity index (χ1) is 5.98. The maximum atomic E-state index is 11.3. The first kappa shape index (κ1) is 12.4. The van der Waals surface area contributed by atoms with Gasteiger partial charge >= 0.3 is 0 Å². The predicted molar refractivity (Wildman–Crippen MR) is 53.4 cm³/mol. The van der Waals surface area contributed by atoms with Crippen LogP contribution in [0.1, 0.15) is 34.1 Å². The summed E-state index contributed by atoms with van der Waals surface area (Å²) in [5, 5.41) is 9.82. The highest BCUT2D eigenvalue weighted by Crippen LogP contribution is 2.28. The highest BCUT2D eigenvalue weighted by Gasteiger charge is 2.45. The molecule has 0 bridgehead atoms. The van der Waals surface area contributed by atoms with E-state index in [0.29, 0.717) is 13.0 Å². The smallest absolute Gasteiger partial charge is 0.254 e. The van der Waals surface area contributed by atoms with Gasteiger partial charge in [0.2, 0.25) is 0 Å². The van der Waals surface area contributed by atoms with Gasteiger partial charge in [0.1, 0.15) is 5.60 Å². The van der Waals surface area contributed by atoms with Crippen LogP contribution in [0.3, 0.4) is 0 Å². The van der Waals surface area contributed by atoms with E-state index in [1.54, 1.807) is 11.9 Å². The van der Waals surface area contributed by atoms with Gasteiger partial charge in [-0.1, -0.05) is 27.7 Å². The molecule has 1 aliphatic heterocycles. The molecule has 0 aliphatic carbocycles. The van der Waals surface area contributed by atoms with Crippen LogP contribution in [0.2, 0.25) is 0 Å². The van der Waals surface area contributed by atoms with E-state index >= 15 is 0 Å². The van der Waals surface area contributed by atoms with Crippen molar-refractivity contribution in [1.29, 1.82) is 0 Å². The fraction of sp³-hybridized carbons (Fsp3) is 0.900. The van der Waals surface area contributed by atoms with Crippen LogP contribution in [0.5, 0.6) is 0 Å². The first-order valence-corrected chi connectivity index (χ1v) is 4.96. The molecule has 0 aromatic carbocycles. The van der Waals surface area contributed by atoms with Gasteiger partial charge in [-0.3, -0.25) is 4.79 Å². The quantitative estimate of drug-likeness (QED) is 0.671. The van der Waals surface area contributed by atoms with E-state index in [1.165, 1.54) is 0 Å². The lowest BCUT2D eigenvalue weighted by Gasteiger charge is -2.24. The molecule has 78 valence electrons.